The van der Waals surface area contributed by atoms with Crippen molar-refractivity contribution < 1.29 is 5.11 Å². The zero-order valence-electron chi connectivity index (χ0n) is 9.78. The van der Waals surface area contributed by atoms with Gasteiger partial charge in [-0.25, -0.2) is 0 Å². The lowest BCUT2D eigenvalue weighted by Gasteiger charge is -2.42. The Morgan fingerprint density at radius 1 is 1.27 bits per heavy atom. The first-order valence-corrected chi connectivity index (χ1v) is 6.44. The minimum atomic E-state index is -0.0482. The van der Waals surface area contributed by atoms with E-state index in [1.54, 1.807) is 0 Å². The van der Waals surface area contributed by atoms with Crippen LogP contribution in [0.1, 0.15) is 32.6 Å². The molecule has 2 aliphatic rings. The zero-order valence-corrected chi connectivity index (χ0v) is 9.78. The van der Waals surface area contributed by atoms with Crippen LogP contribution in [0, 0.1) is 5.92 Å². The van der Waals surface area contributed by atoms with Gasteiger partial charge in [0.1, 0.15) is 0 Å². The molecule has 0 spiro atoms. The summed E-state index contributed by atoms with van der Waals surface area (Å²) in [6.07, 6.45) is 4.61. The molecule has 2 saturated heterocycles. The van der Waals surface area contributed by atoms with Crippen LogP contribution in [0.4, 0.5) is 0 Å². The molecule has 0 saturated carbocycles. The average molecular weight is 212 g/mol. The molecule has 0 aliphatic carbocycles. The van der Waals surface area contributed by atoms with Crippen LogP contribution >= 0.6 is 0 Å². The summed E-state index contributed by atoms with van der Waals surface area (Å²) in [6, 6.07) is 0.771. The Labute approximate surface area is 92.8 Å². The van der Waals surface area contributed by atoms with Gasteiger partial charge in [0.25, 0.3) is 0 Å². The maximum absolute atomic E-state index is 9.85. The Kier molecular flexibility index (Phi) is 4.00. The topological polar surface area (TPSA) is 35.5 Å². The van der Waals surface area contributed by atoms with Gasteiger partial charge in [0.2, 0.25) is 0 Å². The highest BCUT2D eigenvalue weighted by Crippen LogP contribution is 2.24. The molecule has 0 radical (unpaired) electrons. The highest BCUT2D eigenvalue weighted by Gasteiger charge is 2.30. The van der Waals surface area contributed by atoms with E-state index in [4.69, 9.17) is 0 Å². The molecule has 88 valence electrons. The number of hydrogen-bond acceptors (Lipinski definition) is 3. The van der Waals surface area contributed by atoms with E-state index in [0.29, 0.717) is 5.92 Å². The van der Waals surface area contributed by atoms with Gasteiger partial charge in [0.15, 0.2) is 0 Å². The van der Waals surface area contributed by atoms with Crippen molar-refractivity contribution in [2.24, 2.45) is 5.92 Å². The average Bonchev–Trinajstić information content (AvgIpc) is 2.31. The smallest absolute Gasteiger partial charge is 0.0592 e. The summed E-state index contributed by atoms with van der Waals surface area (Å²) in [7, 11) is 0. The molecule has 0 aromatic carbocycles. The van der Waals surface area contributed by atoms with Crippen LogP contribution in [0.3, 0.4) is 0 Å². The number of nitrogens with zero attached hydrogens (tertiary/aromatic N) is 1. The molecule has 3 nitrogen and oxygen atoms in total. The van der Waals surface area contributed by atoms with E-state index in [-0.39, 0.29) is 6.10 Å². The predicted molar refractivity (Wildman–Crippen MR) is 61.9 cm³/mol. The van der Waals surface area contributed by atoms with Gasteiger partial charge in [-0.2, -0.15) is 0 Å². The van der Waals surface area contributed by atoms with Crippen molar-refractivity contribution in [3.05, 3.63) is 0 Å². The Morgan fingerprint density at radius 3 is 2.67 bits per heavy atom. The van der Waals surface area contributed by atoms with Gasteiger partial charge in [-0.3, -0.25) is 4.90 Å². The van der Waals surface area contributed by atoms with Crippen molar-refractivity contribution in [1.82, 2.24) is 10.2 Å². The first kappa shape index (κ1) is 11.4. The van der Waals surface area contributed by atoms with Crippen LogP contribution in [-0.2, 0) is 0 Å². The van der Waals surface area contributed by atoms with Gasteiger partial charge >= 0.3 is 0 Å². The van der Waals surface area contributed by atoms with Crippen molar-refractivity contribution in [3.8, 4) is 0 Å². The summed E-state index contributed by atoms with van der Waals surface area (Å²) in [5, 5.41) is 13.3. The van der Waals surface area contributed by atoms with E-state index in [1.165, 1.54) is 25.9 Å². The molecule has 2 heterocycles. The van der Waals surface area contributed by atoms with Gasteiger partial charge in [-0.15, -0.1) is 0 Å². The van der Waals surface area contributed by atoms with Crippen LogP contribution in [0.25, 0.3) is 0 Å². The second-order valence-corrected chi connectivity index (χ2v) is 5.00. The number of nitrogens with one attached hydrogen (secondary N) is 1. The zero-order chi connectivity index (χ0) is 10.7. The molecule has 0 amide bonds. The van der Waals surface area contributed by atoms with Crippen molar-refractivity contribution in [2.75, 3.05) is 26.2 Å². The van der Waals surface area contributed by atoms with Gasteiger partial charge in [0, 0.05) is 19.1 Å². The van der Waals surface area contributed by atoms with Crippen LogP contribution < -0.4 is 5.32 Å². The monoisotopic (exact) mass is 212 g/mol. The Bertz CT molecular complexity index is 192. The molecule has 0 bridgehead atoms. The molecule has 2 fully saturated rings. The maximum atomic E-state index is 9.85. The third-order valence-electron chi connectivity index (χ3n) is 4.07. The van der Waals surface area contributed by atoms with E-state index >= 15 is 0 Å². The van der Waals surface area contributed by atoms with E-state index in [9.17, 15) is 5.11 Å². The molecule has 3 heteroatoms. The SMILES string of the molecule is CC[C@@H]1CN(C2CCNCC2)CC[C@H]1O. The normalized spacial score (nSPS) is 35.6. The molecule has 15 heavy (non-hydrogen) atoms. The number of likely N-dealkylation sites (tertiary alicyclic amines) is 1. The van der Waals surface area contributed by atoms with Gasteiger partial charge in [0.05, 0.1) is 6.10 Å². The minimum absolute atomic E-state index is 0.0482. The summed E-state index contributed by atoms with van der Waals surface area (Å²) in [4.78, 5) is 2.61. The maximum Gasteiger partial charge on any atom is 0.0592 e. The second-order valence-electron chi connectivity index (χ2n) is 5.00. The van der Waals surface area contributed by atoms with Crippen LogP contribution in [-0.4, -0.2) is 48.3 Å². The summed E-state index contributed by atoms with van der Waals surface area (Å²) in [5.41, 5.74) is 0. The van der Waals surface area contributed by atoms with Crippen molar-refractivity contribution in [3.63, 3.8) is 0 Å². The molecular weight excluding hydrogens is 188 g/mol. The lowest BCUT2D eigenvalue weighted by atomic mass is 9.90. The van der Waals surface area contributed by atoms with E-state index in [1.807, 2.05) is 0 Å². The highest BCUT2D eigenvalue weighted by molar-refractivity contribution is 4.85. The lowest BCUT2D eigenvalue weighted by molar-refractivity contribution is 0.00278. The van der Waals surface area contributed by atoms with Crippen molar-refractivity contribution >= 4 is 0 Å². The molecule has 0 unspecified atom stereocenters. The van der Waals surface area contributed by atoms with Crippen molar-refractivity contribution in [1.29, 1.82) is 0 Å². The number of aliphatic hydroxyl groups is 1. The quantitative estimate of drug-likeness (QED) is 0.712. The molecular formula is C12H24N2O. The molecule has 0 aromatic rings. The van der Waals surface area contributed by atoms with E-state index in [0.717, 1.165) is 32.0 Å². The number of hydrogen-bond donors (Lipinski definition) is 2. The minimum Gasteiger partial charge on any atom is -0.393 e. The summed E-state index contributed by atoms with van der Waals surface area (Å²) >= 11 is 0. The summed E-state index contributed by atoms with van der Waals surface area (Å²) in [6.45, 7) is 6.74. The van der Waals surface area contributed by atoms with Gasteiger partial charge in [-0.1, -0.05) is 6.92 Å². The summed E-state index contributed by atoms with van der Waals surface area (Å²) in [5.74, 6) is 0.508. The lowest BCUT2D eigenvalue weighted by Crippen LogP contribution is -2.50. The first-order valence-electron chi connectivity index (χ1n) is 6.44. The number of aliphatic hydroxyl groups excluding tert-OH is 1. The molecule has 2 N–H and O–H groups in total. The highest BCUT2D eigenvalue weighted by atomic mass is 16.3. The standard InChI is InChI=1S/C12H24N2O/c1-2-10-9-14(8-5-12(10)15)11-3-6-13-7-4-11/h10-13,15H,2-9H2,1H3/t10-,12-/m1/s1. The Balaban J connectivity index is 1.87. The molecule has 2 aliphatic heterocycles. The number of rotatable bonds is 2. The van der Waals surface area contributed by atoms with Gasteiger partial charge in [-0.05, 0) is 44.7 Å². The fourth-order valence-electron chi connectivity index (χ4n) is 2.95. The van der Waals surface area contributed by atoms with Crippen LogP contribution in [0.5, 0.6) is 0 Å². The Morgan fingerprint density at radius 2 is 2.00 bits per heavy atom. The molecule has 2 rings (SSSR count). The fraction of sp³-hybridized carbons (Fsp3) is 1.00. The molecule has 2 atom stereocenters. The first-order chi connectivity index (χ1) is 7.31. The van der Waals surface area contributed by atoms with E-state index in [2.05, 4.69) is 17.1 Å². The number of piperidine rings is 2. The molecule has 0 aromatic heterocycles. The van der Waals surface area contributed by atoms with Crippen LogP contribution in [0.2, 0.25) is 0 Å². The summed E-state index contributed by atoms with van der Waals surface area (Å²) < 4.78 is 0. The fourth-order valence-corrected chi connectivity index (χ4v) is 2.95. The largest absolute Gasteiger partial charge is 0.393 e. The third-order valence-corrected chi connectivity index (χ3v) is 4.07. The van der Waals surface area contributed by atoms with Crippen LogP contribution in [0.15, 0.2) is 0 Å². The third kappa shape index (κ3) is 2.71. The predicted octanol–water partition coefficient (Wildman–Crippen LogP) is 0.831. The van der Waals surface area contributed by atoms with Gasteiger partial charge < -0.3 is 10.4 Å². The Hall–Kier alpha value is -0.120. The second kappa shape index (κ2) is 5.28. The van der Waals surface area contributed by atoms with Crippen molar-refractivity contribution in [2.45, 2.75) is 44.8 Å². The van der Waals surface area contributed by atoms with E-state index < -0.39 is 0 Å².